The molecule has 1 N–H and O–H groups in total. The van der Waals surface area contributed by atoms with Crippen molar-refractivity contribution in [2.24, 2.45) is 0 Å². The molecule has 0 atom stereocenters. The molecule has 0 saturated carbocycles. The van der Waals surface area contributed by atoms with Gasteiger partial charge in [0.15, 0.2) is 5.11 Å². The van der Waals surface area contributed by atoms with Crippen LogP contribution in [0.25, 0.3) is 11.6 Å². The fraction of sp³-hybridized carbons (Fsp3) is 0.296. The van der Waals surface area contributed by atoms with Gasteiger partial charge in [-0.1, -0.05) is 31.2 Å². The minimum atomic E-state index is -0.474. The average Bonchev–Trinajstić information content (AvgIpc) is 2.75. The second-order valence-corrected chi connectivity index (χ2v) is 9.59. The maximum absolute atomic E-state index is 13.5. The van der Waals surface area contributed by atoms with E-state index in [1.807, 2.05) is 38.1 Å². The summed E-state index contributed by atoms with van der Waals surface area (Å²) in [6, 6.07) is 11.8. The molecule has 5 nitrogen and oxygen atoms in total. The molecule has 2 amide bonds. The topological polar surface area (TPSA) is 52.7 Å². The van der Waals surface area contributed by atoms with Gasteiger partial charge >= 0.3 is 0 Å². The molecule has 2 aromatic carbocycles. The fourth-order valence-electron chi connectivity index (χ4n) is 4.53. The number of rotatable bonds is 3. The minimum Gasteiger partial charge on any atom is -0.365 e. The van der Waals surface area contributed by atoms with Crippen molar-refractivity contribution < 1.29 is 9.59 Å². The standard InChI is InChI=1S/C27H29N3O2S/c1-7-18-10-8-9-11-22(18)30-25(32)21(24(31)28-26(30)33)14-19-13-20-17(3)15-27(4,5)29(6)23(20)12-16(19)2/h8-15H,7H2,1-6H3,(H,28,31,33)/b21-14-. The second kappa shape index (κ2) is 8.27. The van der Waals surface area contributed by atoms with Gasteiger partial charge in [-0.3, -0.25) is 19.8 Å². The van der Waals surface area contributed by atoms with Crippen molar-refractivity contribution in [2.75, 3.05) is 16.8 Å². The van der Waals surface area contributed by atoms with E-state index < -0.39 is 11.8 Å². The van der Waals surface area contributed by atoms with Gasteiger partial charge in [-0.2, -0.15) is 0 Å². The zero-order valence-electron chi connectivity index (χ0n) is 19.9. The molecule has 2 aliphatic rings. The molecule has 6 heteroatoms. The van der Waals surface area contributed by atoms with Crippen LogP contribution in [0.4, 0.5) is 11.4 Å². The highest BCUT2D eigenvalue weighted by Crippen LogP contribution is 2.39. The van der Waals surface area contributed by atoms with Gasteiger partial charge < -0.3 is 4.90 Å². The number of nitrogens with one attached hydrogen (secondary N) is 1. The summed E-state index contributed by atoms with van der Waals surface area (Å²) in [7, 11) is 2.08. The first-order chi connectivity index (χ1) is 15.5. The Kier molecular flexibility index (Phi) is 5.74. The summed E-state index contributed by atoms with van der Waals surface area (Å²) < 4.78 is 0. The Labute approximate surface area is 200 Å². The molecule has 1 saturated heterocycles. The monoisotopic (exact) mass is 459 g/mol. The molecule has 33 heavy (non-hydrogen) atoms. The average molecular weight is 460 g/mol. The van der Waals surface area contributed by atoms with Crippen LogP contribution in [0.5, 0.6) is 0 Å². The summed E-state index contributed by atoms with van der Waals surface area (Å²) in [4.78, 5) is 30.0. The number of allylic oxidation sites excluding steroid dienone is 1. The van der Waals surface area contributed by atoms with Crippen LogP contribution in [0.2, 0.25) is 0 Å². The van der Waals surface area contributed by atoms with Crippen molar-refractivity contribution in [1.82, 2.24) is 5.32 Å². The Balaban J connectivity index is 1.81. The van der Waals surface area contributed by atoms with E-state index in [2.05, 4.69) is 56.2 Å². The maximum Gasteiger partial charge on any atom is 0.270 e. The van der Waals surface area contributed by atoms with Crippen molar-refractivity contribution >= 4 is 52.2 Å². The number of thiocarbonyl (C=S) groups is 1. The third-order valence-electron chi connectivity index (χ3n) is 6.62. The van der Waals surface area contributed by atoms with Gasteiger partial charge in [0.1, 0.15) is 5.57 Å². The zero-order valence-corrected chi connectivity index (χ0v) is 20.8. The Hall–Kier alpha value is -3.25. The van der Waals surface area contributed by atoms with E-state index in [0.717, 1.165) is 34.4 Å². The molecule has 0 bridgehead atoms. The Morgan fingerprint density at radius 2 is 1.79 bits per heavy atom. The molecule has 1 fully saturated rings. The van der Waals surface area contributed by atoms with Crippen molar-refractivity contribution in [1.29, 1.82) is 0 Å². The number of nitrogens with zero attached hydrogens (tertiary/aromatic N) is 2. The summed E-state index contributed by atoms with van der Waals surface area (Å²) in [6.45, 7) is 10.5. The largest absolute Gasteiger partial charge is 0.365 e. The molecule has 0 aliphatic carbocycles. The predicted octanol–water partition coefficient (Wildman–Crippen LogP) is 5.02. The molecule has 2 heterocycles. The first-order valence-corrected chi connectivity index (χ1v) is 11.5. The molecular formula is C27H29N3O2S. The number of carbonyl (C=O) groups is 2. The van der Waals surface area contributed by atoms with Crippen molar-refractivity contribution in [2.45, 2.75) is 46.6 Å². The van der Waals surface area contributed by atoms with Gasteiger partial charge in [-0.05, 0) is 92.9 Å². The number of aryl methyl sites for hydroxylation is 2. The Morgan fingerprint density at radius 1 is 1.09 bits per heavy atom. The van der Waals surface area contributed by atoms with E-state index in [9.17, 15) is 9.59 Å². The van der Waals surface area contributed by atoms with Crippen LogP contribution < -0.4 is 15.1 Å². The Bertz CT molecular complexity index is 1260. The number of anilines is 2. The van der Waals surface area contributed by atoms with Gasteiger partial charge in [0, 0.05) is 18.3 Å². The highest BCUT2D eigenvalue weighted by molar-refractivity contribution is 7.80. The van der Waals surface area contributed by atoms with Gasteiger partial charge in [0.25, 0.3) is 11.8 Å². The summed E-state index contributed by atoms with van der Waals surface area (Å²) in [5, 5.41) is 2.80. The van der Waals surface area contributed by atoms with Crippen molar-refractivity contribution in [3.63, 3.8) is 0 Å². The molecule has 2 aliphatic heterocycles. The molecule has 170 valence electrons. The van der Waals surface area contributed by atoms with E-state index in [1.165, 1.54) is 10.5 Å². The van der Waals surface area contributed by atoms with E-state index in [1.54, 1.807) is 6.08 Å². The lowest BCUT2D eigenvalue weighted by Crippen LogP contribution is -2.54. The lowest BCUT2D eigenvalue weighted by atomic mass is 9.87. The van der Waals surface area contributed by atoms with Crippen LogP contribution in [-0.2, 0) is 16.0 Å². The van der Waals surface area contributed by atoms with Crippen LogP contribution in [0, 0.1) is 6.92 Å². The molecule has 0 aromatic heterocycles. The number of hydrogen-bond acceptors (Lipinski definition) is 4. The fourth-order valence-corrected chi connectivity index (χ4v) is 4.81. The SMILES string of the molecule is CCc1ccccc1N1C(=O)/C(=C\c2cc3c(cc2C)N(C)C(C)(C)C=C3C)C(=O)NC1=S. The van der Waals surface area contributed by atoms with Crippen LogP contribution in [0.3, 0.4) is 0 Å². The van der Waals surface area contributed by atoms with Crippen LogP contribution in [0.15, 0.2) is 48.0 Å². The summed E-state index contributed by atoms with van der Waals surface area (Å²) >= 11 is 5.38. The number of carbonyl (C=O) groups excluding carboxylic acids is 2. The van der Waals surface area contributed by atoms with Crippen LogP contribution >= 0.6 is 12.2 Å². The van der Waals surface area contributed by atoms with E-state index in [4.69, 9.17) is 12.2 Å². The third-order valence-corrected chi connectivity index (χ3v) is 6.90. The third kappa shape index (κ3) is 3.89. The van der Waals surface area contributed by atoms with Crippen LogP contribution in [-0.4, -0.2) is 29.5 Å². The van der Waals surface area contributed by atoms with E-state index >= 15 is 0 Å². The minimum absolute atomic E-state index is 0.0729. The molecule has 0 spiro atoms. The van der Waals surface area contributed by atoms with Gasteiger partial charge in [-0.15, -0.1) is 0 Å². The molecule has 0 radical (unpaired) electrons. The number of likely N-dealkylation sites (N-methyl/N-ethyl adjacent to an activating group) is 1. The van der Waals surface area contributed by atoms with Crippen LogP contribution in [0.1, 0.15) is 49.9 Å². The van der Waals surface area contributed by atoms with Crippen molar-refractivity contribution in [3.8, 4) is 0 Å². The highest BCUT2D eigenvalue weighted by atomic mass is 32.1. The number of fused-ring (bicyclic) bond motifs is 1. The van der Waals surface area contributed by atoms with E-state index in [0.29, 0.717) is 5.69 Å². The first kappa shape index (κ1) is 22.9. The lowest BCUT2D eigenvalue weighted by Gasteiger charge is -2.41. The Morgan fingerprint density at radius 3 is 2.48 bits per heavy atom. The van der Waals surface area contributed by atoms with Gasteiger partial charge in [0.05, 0.1) is 11.2 Å². The number of benzene rings is 2. The number of para-hydroxylation sites is 1. The number of hydrogen-bond donors (Lipinski definition) is 1. The first-order valence-electron chi connectivity index (χ1n) is 11.1. The number of amides is 2. The lowest BCUT2D eigenvalue weighted by molar-refractivity contribution is -0.122. The molecular weight excluding hydrogens is 430 g/mol. The second-order valence-electron chi connectivity index (χ2n) is 9.21. The van der Waals surface area contributed by atoms with Gasteiger partial charge in [-0.25, -0.2) is 0 Å². The van der Waals surface area contributed by atoms with Gasteiger partial charge in [0.2, 0.25) is 0 Å². The molecule has 0 unspecified atom stereocenters. The zero-order chi connectivity index (χ0) is 24.1. The highest BCUT2D eigenvalue weighted by Gasteiger charge is 2.35. The van der Waals surface area contributed by atoms with E-state index in [-0.39, 0.29) is 16.2 Å². The predicted molar refractivity (Wildman–Crippen MR) is 139 cm³/mol. The summed E-state index contributed by atoms with van der Waals surface area (Å²) in [6.07, 6.45) is 4.67. The quantitative estimate of drug-likeness (QED) is 0.398. The summed E-state index contributed by atoms with van der Waals surface area (Å²) in [5.74, 6) is -0.884. The maximum atomic E-state index is 13.5. The molecule has 2 aromatic rings. The normalized spacial score (nSPS) is 18.9. The summed E-state index contributed by atoms with van der Waals surface area (Å²) in [5.41, 5.74) is 6.91. The smallest absolute Gasteiger partial charge is 0.270 e. The molecule has 4 rings (SSSR count). The van der Waals surface area contributed by atoms with Crippen molar-refractivity contribution in [3.05, 3.63) is 70.3 Å².